The predicted molar refractivity (Wildman–Crippen MR) is 107 cm³/mol. The molecule has 3 amide bonds. The van der Waals surface area contributed by atoms with Crippen molar-refractivity contribution in [3.05, 3.63) is 23.9 Å². The highest BCUT2D eigenvalue weighted by Crippen LogP contribution is 2.31. The van der Waals surface area contributed by atoms with Crippen LogP contribution in [-0.4, -0.2) is 58.3 Å². The first-order chi connectivity index (χ1) is 14.6. The minimum atomic E-state index is -4.59. The van der Waals surface area contributed by atoms with E-state index in [4.69, 9.17) is 5.73 Å². The van der Waals surface area contributed by atoms with Gasteiger partial charge in [0.2, 0.25) is 5.91 Å². The van der Waals surface area contributed by atoms with Crippen LogP contribution in [0.1, 0.15) is 44.2 Å². The van der Waals surface area contributed by atoms with Gasteiger partial charge in [-0.3, -0.25) is 4.79 Å². The van der Waals surface area contributed by atoms with Crippen LogP contribution >= 0.6 is 0 Å². The van der Waals surface area contributed by atoms with Crippen molar-refractivity contribution in [1.29, 1.82) is 0 Å². The smallest absolute Gasteiger partial charge is 0.394 e. The van der Waals surface area contributed by atoms with Crippen molar-refractivity contribution in [3.8, 4) is 0 Å². The van der Waals surface area contributed by atoms with E-state index in [1.807, 2.05) is 5.32 Å². The molecule has 1 aromatic heterocycles. The molecule has 2 heterocycles. The number of carbonyl (C=O) groups excluding carboxylic acids is 2. The second-order valence-electron chi connectivity index (χ2n) is 8.40. The van der Waals surface area contributed by atoms with Crippen LogP contribution in [0.4, 0.5) is 23.8 Å². The summed E-state index contributed by atoms with van der Waals surface area (Å²) in [5.74, 6) is 0.477. The van der Waals surface area contributed by atoms with E-state index < -0.39 is 43.5 Å². The molecule has 1 unspecified atom stereocenters. The molecule has 1 aliphatic carbocycles. The average molecular weight is 443 g/mol. The fourth-order valence-corrected chi connectivity index (χ4v) is 4.19. The van der Waals surface area contributed by atoms with Crippen LogP contribution in [0.25, 0.3) is 0 Å². The molecule has 0 spiro atoms. The molecule has 0 radical (unpaired) electrons. The normalized spacial score (nSPS) is 26.3. The second-order valence-corrected chi connectivity index (χ2v) is 8.40. The number of urea groups is 1. The highest BCUT2D eigenvalue weighted by atomic mass is 19.4. The Kier molecular flexibility index (Phi) is 7.05. The molecule has 0 bridgehead atoms. The van der Waals surface area contributed by atoms with Crippen molar-refractivity contribution in [2.24, 2.45) is 17.6 Å². The lowest BCUT2D eigenvalue weighted by molar-refractivity contribution is -0.150. The Labute approximate surface area is 178 Å². The SMILES string of the molecule is CC1CCC([C@H](N)C(=O)Nc2cc(C(CO)N3C[C@@H](C(F)(F)F)NC3=O)ccn2)CC1. The maximum absolute atomic E-state index is 13.0. The van der Waals surface area contributed by atoms with Gasteiger partial charge in [-0.1, -0.05) is 19.8 Å². The van der Waals surface area contributed by atoms with Gasteiger partial charge in [-0.15, -0.1) is 0 Å². The number of alkyl halides is 3. The summed E-state index contributed by atoms with van der Waals surface area (Å²) in [6, 6.07) is -1.72. The van der Waals surface area contributed by atoms with Crippen LogP contribution in [0.2, 0.25) is 0 Å². The van der Waals surface area contributed by atoms with E-state index >= 15 is 0 Å². The number of pyridine rings is 1. The Bertz CT molecular complexity index is 799. The van der Waals surface area contributed by atoms with Gasteiger partial charge in [0.15, 0.2) is 0 Å². The summed E-state index contributed by atoms with van der Waals surface area (Å²) >= 11 is 0. The van der Waals surface area contributed by atoms with E-state index in [1.54, 1.807) is 0 Å². The first-order valence-electron chi connectivity index (χ1n) is 10.4. The number of hydrogen-bond donors (Lipinski definition) is 4. The molecule has 1 aromatic rings. The number of nitrogens with one attached hydrogen (secondary N) is 2. The zero-order valence-electron chi connectivity index (χ0n) is 17.2. The second kappa shape index (κ2) is 9.39. The Hall–Kier alpha value is -2.40. The number of aliphatic hydroxyl groups is 1. The van der Waals surface area contributed by atoms with Gasteiger partial charge in [-0.25, -0.2) is 9.78 Å². The first-order valence-corrected chi connectivity index (χ1v) is 10.4. The van der Waals surface area contributed by atoms with Gasteiger partial charge < -0.3 is 26.4 Å². The van der Waals surface area contributed by atoms with Crippen LogP contribution < -0.4 is 16.4 Å². The highest BCUT2D eigenvalue weighted by Gasteiger charge is 2.48. The number of carbonyl (C=O) groups is 2. The topological polar surface area (TPSA) is 121 Å². The van der Waals surface area contributed by atoms with Crippen molar-refractivity contribution in [2.45, 2.75) is 56.9 Å². The predicted octanol–water partition coefficient (Wildman–Crippen LogP) is 2.16. The molecule has 3 atom stereocenters. The first kappa shape index (κ1) is 23.3. The molecule has 2 aliphatic rings. The lowest BCUT2D eigenvalue weighted by Crippen LogP contribution is -2.43. The largest absolute Gasteiger partial charge is 0.410 e. The molecule has 3 rings (SSSR count). The molecule has 172 valence electrons. The van der Waals surface area contributed by atoms with Crippen molar-refractivity contribution < 1.29 is 27.9 Å². The van der Waals surface area contributed by atoms with Crippen LogP contribution in [0.15, 0.2) is 18.3 Å². The van der Waals surface area contributed by atoms with Gasteiger partial charge in [0.1, 0.15) is 11.9 Å². The summed E-state index contributed by atoms with van der Waals surface area (Å²) in [5.41, 5.74) is 6.49. The zero-order valence-corrected chi connectivity index (χ0v) is 17.2. The molecular formula is C20H28F3N5O3. The van der Waals surface area contributed by atoms with Crippen molar-refractivity contribution in [1.82, 2.24) is 15.2 Å². The number of hydrogen-bond acceptors (Lipinski definition) is 5. The van der Waals surface area contributed by atoms with Crippen LogP contribution in [-0.2, 0) is 4.79 Å². The molecule has 8 nitrogen and oxygen atoms in total. The number of nitrogens with zero attached hydrogens (tertiary/aromatic N) is 2. The average Bonchev–Trinajstić information content (AvgIpc) is 3.11. The highest BCUT2D eigenvalue weighted by molar-refractivity contribution is 5.94. The standard InChI is InChI=1S/C20H28F3N5O3/c1-11-2-4-12(5-3-11)17(24)18(30)27-16-8-13(6-7-25-16)14(10-29)28-9-15(20(21,22)23)26-19(28)31/h6-8,11-12,14-15,17,29H,2-5,9-10,24H2,1H3,(H,26,31)(H,25,27,30)/t11?,12?,14?,15-,17-/m0/s1. The van der Waals surface area contributed by atoms with Crippen LogP contribution in [0.3, 0.4) is 0 Å². The minimum Gasteiger partial charge on any atom is -0.394 e. The molecule has 5 N–H and O–H groups in total. The number of anilines is 1. The molecular weight excluding hydrogens is 415 g/mol. The number of aliphatic hydroxyl groups excluding tert-OH is 1. The molecule has 1 saturated heterocycles. The monoisotopic (exact) mass is 443 g/mol. The lowest BCUT2D eigenvalue weighted by Gasteiger charge is -2.30. The van der Waals surface area contributed by atoms with Crippen LogP contribution in [0, 0.1) is 11.8 Å². The number of nitrogens with two attached hydrogens (primary N) is 1. The third-order valence-corrected chi connectivity index (χ3v) is 6.17. The summed E-state index contributed by atoms with van der Waals surface area (Å²) < 4.78 is 38.9. The summed E-state index contributed by atoms with van der Waals surface area (Å²) in [6.07, 6.45) is 0.564. The quantitative estimate of drug-likeness (QED) is 0.537. The Morgan fingerprint density at radius 3 is 2.65 bits per heavy atom. The number of amides is 3. The molecule has 11 heteroatoms. The third-order valence-electron chi connectivity index (χ3n) is 6.17. The van der Waals surface area contributed by atoms with Crippen molar-refractivity contribution >= 4 is 17.8 Å². The summed E-state index contributed by atoms with van der Waals surface area (Å²) in [7, 11) is 0. The van der Waals surface area contributed by atoms with Gasteiger partial charge in [0, 0.05) is 6.20 Å². The van der Waals surface area contributed by atoms with E-state index in [1.165, 1.54) is 18.3 Å². The van der Waals surface area contributed by atoms with E-state index in [9.17, 15) is 27.9 Å². The van der Waals surface area contributed by atoms with Crippen molar-refractivity contribution in [2.75, 3.05) is 18.5 Å². The molecule has 2 fully saturated rings. The van der Waals surface area contributed by atoms with Gasteiger partial charge in [0.05, 0.1) is 25.2 Å². The summed E-state index contributed by atoms with van der Waals surface area (Å²) in [4.78, 5) is 29.6. The number of rotatable bonds is 6. The van der Waals surface area contributed by atoms with Crippen LogP contribution in [0.5, 0.6) is 0 Å². The van der Waals surface area contributed by atoms with E-state index in [-0.39, 0.29) is 17.6 Å². The molecule has 31 heavy (non-hydrogen) atoms. The van der Waals surface area contributed by atoms with E-state index in [2.05, 4.69) is 17.2 Å². The van der Waals surface area contributed by atoms with Gasteiger partial charge in [0.25, 0.3) is 0 Å². The molecule has 1 saturated carbocycles. The van der Waals surface area contributed by atoms with E-state index in [0.29, 0.717) is 11.5 Å². The Morgan fingerprint density at radius 2 is 2.06 bits per heavy atom. The maximum atomic E-state index is 13.0. The maximum Gasteiger partial charge on any atom is 0.410 e. The van der Waals surface area contributed by atoms with Gasteiger partial charge in [-0.05, 0) is 42.4 Å². The lowest BCUT2D eigenvalue weighted by atomic mass is 9.79. The number of halogens is 3. The third kappa shape index (κ3) is 5.45. The summed E-state index contributed by atoms with van der Waals surface area (Å²) in [6.45, 7) is 0.962. The fourth-order valence-electron chi connectivity index (χ4n) is 4.19. The van der Waals surface area contributed by atoms with Crippen molar-refractivity contribution in [3.63, 3.8) is 0 Å². The van der Waals surface area contributed by atoms with E-state index in [0.717, 1.165) is 30.6 Å². The van der Waals surface area contributed by atoms with Gasteiger partial charge in [-0.2, -0.15) is 13.2 Å². The number of aromatic nitrogens is 1. The van der Waals surface area contributed by atoms with Gasteiger partial charge >= 0.3 is 12.2 Å². The molecule has 1 aliphatic heterocycles. The fraction of sp³-hybridized carbons (Fsp3) is 0.650. The minimum absolute atomic E-state index is 0.0807. The Balaban J connectivity index is 1.68. The zero-order chi connectivity index (χ0) is 22.8. The Morgan fingerprint density at radius 1 is 1.39 bits per heavy atom. The summed E-state index contributed by atoms with van der Waals surface area (Å²) in [5, 5.41) is 14.3. The molecule has 0 aromatic carbocycles.